The van der Waals surface area contributed by atoms with E-state index in [0.717, 1.165) is 12.8 Å². The van der Waals surface area contributed by atoms with Crippen LogP contribution in [0.2, 0.25) is 0 Å². The molecule has 0 rings (SSSR count). The lowest BCUT2D eigenvalue weighted by Gasteiger charge is -2.37. The zero-order chi connectivity index (χ0) is 13.0. The van der Waals surface area contributed by atoms with Crippen LogP contribution >= 0.6 is 0 Å². The van der Waals surface area contributed by atoms with Crippen LogP contribution in [0.15, 0.2) is 0 Å². The second kappa shape index (κ2) is 5.47. The van der Waals surface area contributed by atoms with Crippen molar-refractivity contribution in [2.75, 3.05) is 5.75 Å². The van der Waals surface area contributed by atoms with E-state index >= 15 is 0 Å². The minimum atomic E-state index is -3.94. The van der Waals surface area contributed by atoms with Crippen LogP contribution < -0.4 is 5.73 Å². The maximum atomic E-state index is 11.0. The molecule has 0 radical (unpaired) electrons. The van der Waals surface area contributed by atoms with E-state index < -0.39 is 15.5 Å². The van der Waals surface area contributed by atoms with Crippen LogP contribution in [0.3, 0.4) is 0 Å². The summed E-state index contributed by atoms with van der Waals surface area (Å²) in [6.45, 7) is 7.81. The molecular weight excluding hydrogens is 226 g/mol. The van der Waals surface area contributed by atoms with Crippen molar-refractivity contribution in [1.82, 2.24) is 0 Å². The molecule has 0 aliphatic heterocycles. The summed E-state index contributed by atoms with van der Waals surface area (Å²) in [7, 11) is -3.94. The summed E-state index contributed by atoms with van der Waals surface area (Å²) in [5.41, 5.74) is 5.41. The van der Waals surface area contributed by atoms with Gasteiger partial charge in [0.05, 0.1) is 5.75 Å². The van der Waals surface area contributed by atoms with E-state index in [0.29, 0.717) is 12.8 Å². The molecule has 5 heteroatoms. The highest BCUT2D eigenvalue weighted by Gasteiger charge is 2.35. The highest BCUT2D eigenvalue weighted by molar-refractivity contribution is 7.85. The number of hydrogen-bond donors (Lipinski definition) is 2. The van der Waals surface area contributed by atoms with E-state index in [1.165, 1.54) is 0 Å². The fraction of sp³-hybridized carbons (Fsp3) is 1.00. The van der Waals surface area contributed by atoms with E-state index in [1.807, 2.05) is 27.7 Å². The molecule has 0 aromatic rings. The van der Waals surface area contributed by atoms with Crippen molar-refractivity contribution in [3.05, 3.63) is 0 Å². The van der Waals surface area contributed by atoms with E-state index in [9.17, 15) is 8.42 Å². The SMILES string of the molecule is CCC(C)(CC(N)(CC)CC)CS(=O)(=O)O. The maximum Gasteiger partial charge on any atom is 0.265 e. The van der Waals surface area contributed by atoms with Crippen LogP contribution in [0.1, 0.15) is 53.4 Å². The Labute approximate surface area is 99.4 Å². The molecule has 4 nitrogen and oxygen atoms in total. The van der Waals surface area contributed by atoms with E-state index in [-0.39, 0.29) is 11.3 Å². The average Bonchev–Trinajstić information content (AvgIpc) is 2.15. The van der Waals surface area contributed by atoms with Gasteiger partial charge in [0.1, 0.15) is 0 Å². The highest BCUT2D eigenvalue weighted by atomic mass is 32.2. The molecule has 0 spiro atoms. The van der Waals surface area contributed by atoms with Crippen molar-refractivity contribution < 1.29 is 13.0 Å². The molecular formula is C11H25NO3S. The Morgan fingerprint density at radius 2 is 1.56 bits per heavy atom. The molecule has 0 heterocycles. The van der Waals surface area contributed by atoms with Crippen molar-refractivity contribution in [2.24, 2.45) is 11.1 Å². The molecule has 0 aromatic carbocycles. The lowest BCUT2D eigenvalue weighted by Crippen LogP contribution is -2.45. The molecule has 0 aliphatic rings. The van der Waals surface area contributed by atoms with Gasteiger partial charge in [-0.1, -0.05) is 27.7 Å². The van der Waals surface area contributed by atoms with Gasteiger partial charge in [0.2, 0.25) is 0 Å². The highest BCUT2D eigenvalue weighted by Crippen LogP contribution is 2.35. The first-order chi connectivity index (χ1) is 7.10. The summed E-state index contributed by atoms with van der Waals surface area (Å²) >= 11 is 0. The zero-order valence-corrected chi connectivity index (χ0v) is 11.6. The van der Waals surface area contributed by atoms with Crippen molar-refractivity contribution in [3.8, 4) is 0 Å². The second-order valence-corrected chi connectivity index (χ2v) is 6.59. The van der Waals surface area contributed by atoms with E-state index in [2.05, 4.69) is 0 Å². The van der Waals surface area contributed by atoms with Crippen molar-refractivity contribution in [1.29, 1.82) is 0 Å². The molecule has 0 saturated heterocycles. The summed E-state index contributed by atoms with van der Waals surface area (Å²) in [6.07, 6.45) is 2.92. The van der Waals surface area contributed by atoms with Gasteiger partial charge in [-0.25, -0.2) is 0 Å². The molecule has 16 heavy (non-hydrogen) atoms. The minimum absolute atomic E-state index is 0.213. The van der Waals surface area contributed by atoms with E-state index in [1.54, 1.807) is 0 Å². The Morgan fingerprint density at radius 1 is 1.12 bits per heavy atom. The molecule has 0 amide bonds. The standard InChI is InChI=1S/C11H25NO3S/c1-5-10(4,9-16(13,14)15)8-11(12,6-2)7-3/h5-9,12H2,1-4H3,(H,13,14,15). The number of rotatable bonds is 7. The molecule has 1 atom stereocenters. The van der Waals surface area contributed by atoms with Crippen molar-refractivity contribution in [3.63, 3.8) is 0 Å². The quantitative estimate of drug-likeness (QED) is 0.680. The van der Waals surface area contributed by atoms with Crippen LogP contribution in [-0.2, 0) is 10.1 Å². The molecule has 0 bridgehead atoms. The molecule has 1 unspecified atom stereocenters. The average molecular weight is 251 g/mol. The summed E-state index contributed by atoms with van der Waals surface area (Å²) in [4.78, 5) is 0. The Kier molecular flexibility index (Phi) is 5.42. The Morgan fingerprint density at radius 3 is 1.81 bits per heavy atom. The lowest BCUT2D eigenvalue weighted by atomic mass is 9.74. The zero-order valence-electron chi connectivity index (χ0n) is 10.8. The van der Waals surface area contributed by atoms with Gasteiger partial charge in [-0.05, 0) is 31.1 Å². The maximum absolute atomic E-state index is 11.0. The fourth-order valence-electron chi connectivity index (χ4n) is 2.07. The topological polar surface area (TPSA) is 80.4 Å². The largest absolute Gasteiger partial charge is 0.325 e. The third-order valence-corrected chi connectivity index (χ3v) is 4.63. The molecule has 0 fully saturated rings. The smallest absolute Gasteiger partial charge is 0.265 e. The first-order valence-corrected chi connectivity index (χ1v) is 7.45. The van der Waals surface area contributed by atoms with Gasteiger partial charge in [-0.15, -0.1) is 0 Å². The van der Waals surface area contributed by atoms with Crippen LogP contribution in [0, 0.1) is 5.41 Å². The monoisotopic (exact) mass is 251 g/mol. The summed E-state index contributed by atoms with van der Waals surface area (Å²) in [5, 5.41) is 0. The lowest BCUT2D eigenvalue weighted by molar-refractivity contribution is 0.214. The first-order valence-electron chi connectivity index (χ1n) is 5.84. The molecule has 98 valence electrons. The molecule has 0 aliphatic carbocycles. The molecule has 3 N–H and O–H groups in total. The van der Waals surface area contributed by atoms with Crippen molar-refractivity contribution >= 4 is 10.1 Å². The van der Waals surface area contributed by atoms with Gasteiger partial charge in [-0.2, -0.15) is 8.42 Å². The van der Waals surface area contributed by atoms with Gasteiger partial charge in [0.25, 0.3) is 10.1 Å². The fourth-order valence-corrected chi connectivity index (χ4v) is 3.26. The Bertz CT molecular complexity index is 309. The number of nitrogens with two attached hydrogens (primary N) is 1. The normalized spacial score (nSPS) is 17.1. The molecule has 0 aromatic heterocycles. The third kappa shape index (κ3) is 5.27. The van der Waals surface area contributed by atoms with Crippen LogP contribution in [0.4, 0.5) is 0 Å². The first kappa shape index (κ1) is 15.9. The van der Waals surface area contributed by atoms with Gasteiger partial charge < -0.3 is 5.73 Å². The van der Waals surface area contributed by atoms with E-state index in [4.69, 9.17) is 10.3 Å². The summed E-state index contributed by atoms with van der Waals surface area (Å²) < 4.78 is 30.9. The second-order valence-electron chi connectivity index (χ2n) is 5.14. The minimum Gasteiger partial charge on any atom is -0.325 e. The van der Waals surface area contributed by atoms with Crippen LogP contribution in [0.25, 0.3) is 0 Å². The van der Waals surface area contributed by atoms with Gasteiger partial charge in [0, 0.05) is 5.54 Å². The van der Waals surface area contributed by atoms with Gasteiger partial charge in [-0.3, -0.25) is 4.55 Å². The Hall–Kier alpha value is -0.130. The Balaban J connectivity index is 4.85. The molecule has 0 saturated carbocycles. The predicted octanol–water partition coefficient (Wildman–Crippen LogP) is 2.20. The third-order valence-electron chi connectivity index (χ3n) is 3.57. The summed E-state index contributed by atoms with van der Waals surface area (Å²) in [5.74, 6) is -0.213. The predicted molar refractivity (Wildman–Crippen MR) is 66.9 cm³/mol. The van der Waals surface area contributed by atoms with Gasteiger partial charge in [0.15, 0.2) is 0 Å². The van der Waals surface area contributed by atoms with Gasteiger partial charge >= 0.3 is 0 Å². The van der Waals surface area contributed by atoms with Crippen LogP contribution in [0.5, 0.6) is 0 Å². The van der Waals surface area contributed by atoms with Crippen molar-refractivity contribution in [2.45, 2.75) is 58.9 Å². The summed E-state index contributed by atoms with van der Waals surface area (Å²) in [6, 6.07) is 0. The van der Waals surface area contributed by atoms with Crippen LogP contribution in [-0.4, -0.2) is 24.3 Å². The number of hydrogen-bond acceptors (Lipinski definition) is 3.